The van der Waals surface area contributed by atoms with Gasteiger partial charge in [0.25, 0.3) is 0 Å². The number of hydrogen-bond donors (Lipinski definition) is 2. The molecule has 0 saturated carbocycles. The zero-order chi connectivity index (χ0) is 21.9. The lowest BCUT2D eigenvalue weighted by atomic mass is 10.1. The lowest BCUT2D eigenvalue weighted by molar-refractivity contribution is 0.426. The lowest BCUT2D eigenvalue weighted by Gasteiger charge is -2.09. The van der Waals surface area contributed by atoms with Gasteiger partial charge >= 0.3 is 0 Å². The summed E-state index contributed by atoms with van der Waals surface area (Å²) in [4.78, 5) is 4.44. The number of pyridine rings is 1. The van der Waals surface area contributed by atoms with Crippen LogP contribution in [0.15, 0.2) is 103 Å². The molecule has 0 aliphatic carbocycles. The normalized spacial score (nSPS) is 10.8. The molecule has 0 atom stereocenters. The summed E-state index contributed by atoms with van der Waals surface area (Å²) in [6.07, 6.45) is 0. The highest BCUT2D eigenvalue weighted by Crippen LogP contribution is 2.30. The van der Waals surface area contributed by atoms with Crippen molar-refractivity contribution in [2.24, 2.45) is 0 Å². The fraction of sp³-hybridized carbons (Fsp3) is 0. The van der Waals surface area contributed by atoms with Crippen LogP contribution in [0.3, 0.4) is 0 Å². The molecule has 0 saturated heterocycles. The summed E-state index contributed by atoms with van der Waals surface area (Å²) in [5.41, 5.74) is 2.03. The predicted molar refractivity (Wildman–Crippen MR) is 124 cm³/mol. The first kappa shape index (κ1) is 19.5. The van der Waals surface area contributed by atoms with Crippen molar-refractivity contribution in [3.63, 3.8) is 0 Å². The Kier molecular flexibility index (Phi) is 5.06. The van der Waals surface area contributed by atoms with Gasteiger partial charge in [-0.3, -0.25) is 0 Å². The van der Waals surface area contributed by atoms with Crippen molar-refractivity contribution in [2.45, 2.75) is 0 Å². The third-order valence-electron chi connectivity index (χ3n) is 4.99. The molecule has 0 fully saturated rings. The van der Waals surface area contributed by atoms with Gasteiger partial charge in [0.1, 0.15) is 23.0 Å². The summed E-state index contributed by atoms with van der Waals surface area (Å²) in [5.74, 6) is 2.61. The topological polar surface area (TPSA) is 71.8 Å². The molecule has 5 aromatic rings. The quantitative estimate of drug-likeness (QED) is 0.323. The van der Waals surface area contributed by atoms with E-state index in [1.807, 2.05) is 66.7 Å². The van der Waals surface area contributed by atoms with Gasteiger partial charge in [-0.25, -0.2) is 0 Å². The third kappa shape index (κ3) is 4.32. The molecule has 0 spiro atoms. The Balaban J connectivity index is 1.31. The van der Waals surface area contributed by atoms with Crippen LogP contribution in [0.2, 0.25) is 0 Å². The molecule has 0 radical (unpaired) electrons. The SMILES string of the molecule is Oc1ccc(-c2ccc(Oc3cccc(Oc4ccc5cc(O)ccc5c4)n3)cc2)cc1. The van der Waals surface area contributed by atoms with E-state index in [0.717, 1.165) is 21.9 Å². The van der Waals surface area contributed by atoms with Gasteiger partial charge in [-0.2, -0.15) is 4.98 Å². The third-order valence-corrected chi connectivity index (χ3v) is 4.99. The van der Waals surface area contributed by atoms with Gasteiger partial charge in [-0.1, -0.05) is 42.5 Å². The standard InChI is InChI=1S/C27H19NO4/c29-22-10-4-18(5-11-22)19-7-13-24(14-8-19)31-26-2-1-3-27(28-26)32-25-15-9-20-16-23(30)12-6-21(20)17-25/h1-17,29-30H. The van der Waals surface area contributed by atoms with Crippen LogP contribution in [0.25, 0.3) is 21.9 Å². The molecule has 5 heteroatoms. The zero-order valence-corrected chi connectivity index (χ0v) is 17.0. The highest BCUT2D eigenvalue weighted by atomic mass is 16.5. The van der Waals surface area contributed by atoms with Gasteiger partial charge in [-0.05, 0) is 70.4 Å². The molecule has 32 heavy (non-hydrogen) atoms. The highest BCUT2D eigenvalue weighted by molar-refractivity contribution is 5.85. The molecule has 0 aliphatic rings. The summed E-state index contributed by atoms with van der Waals surface area (Å²) in [6.45, 7) is 0. The number of rotatable bonds is 5. The van der Waals surface area contributed by atoms with E-state index in [2.05, 4.69) is 4.98 Å². The van der Waals surface area contributed by atoms with Crippen molar-refractivity contribution in [3.05, 3.63) is 103 Å². The Labute approximate surface area is 184 Å². The zero-order valence-electron chi connectivity index (χ0n) is 17.0. The fourth-order valence-corrected chi connectivity index (χ4v) is 3.40. The molecule has 0 unspecified atom stereocenters. The minimum atomic E-state index is 0.230. The summed E-state index contributed by atoms with van der Waals surface area (Å²) in [7, 11) is 0. The predicted octanol–water partition coefficient (Wildman–Crippen LogP) is 6.90. The van der Waals surface area contributed by atoms with Crippen LogP contribution in [0, 0.1) is 0 Å². The minimum Gasteiger partial charge on any atom is -0.508 e. The molecule has 156 valence electrons. The number of hydrogen-bond acceptors (Lipinski definition) is 5. The van der Waals surface area contributed by atoms with E-state index in [9.17, 15) is 10.2 Å². The van der Waals surface area contributed by atoms with Gasteiger partial charge in [0.15, 0.2) is 0 Å². The molecular weight excluding hydrogens is 402 g/mol. The van der Waals surface area contributed by atoms with Gasteiger partial charge in [-0.15, -0.1) is 0 Å². The van der Waals surface area contributed by atoms with E-state index in [1.54, 1.807) is 36.4 Å². The number of aromatic nitrogens is 1. The fourth-order valence-electron chi connectivity index (χ4n) is 3.40. The molecule has 1 aromatic heterocycles. The second-order valence-corrected chi connectivity index (χ2v) is 7.28. The van der Waals surface area contributed by atoms with Gasteiger partial charge in [0.2, 0.25) is 11.8 Å². The number of benzene rings is 4. The summed E-state index contributed by atoms with van der Waals surface area (Å²) >= 11 is 0. The van der Waals surface area contributed by atoms with Crippen LogP contribution in [-0.4, -0.2) is 15.2 Å². The number of aromatic hydroxyl groups is 2. The second-order valence-electron chi connectivity index (χ2n) is 7.28. The van der Waals surface area contributed by atoms with Crippen molar-refractivity contribution < 1.29 is 19.7 Å². The summed E-state index contributed by atoms with van der Waals surface area (Å²) in [6, 6.07) is 30.9. The van der Waals surface area contributed by atoms with E-state index < -0.39 is 0 Å². The van der Waals surface area contributed by atoms with E-state index in [0.29, 0.717) is 23.3 Å². The second kappa shape index (κ2) is 8.32. The number of phenols is 2. The maximum absolute atomic E-state index is 9.61. The van der Waals surface area contributed by atoms with Crippen LogP contribution >= 0.6 is 0 Å². The summed E-state index contributed by atoms with van der Waals surface area (Å²) in [5, 5.41) is 20.9. The molecule has 4 aromatic carbocycles. The Hall–Kier alpha value is -4.51. The molecular formula is C27H19NO4. The molecule has 0 aliphatic heterocycles. The van der Waals surface area contributed by atoms with Crippen molar-refractivity contribution >= 4 is 10.8 Å². The van der Waals surface area contributed by atoms with E-state index >= 15 is 0 Å². The van der Waals surface area contributed by atoms with Crippen molar-refractivity contribution in [1.82, 2.24) is 4.98 Å². The largest absolute Gasteiger partial charge is 0.508 e. The van der Waals surface area contributed by atoms with Crippen molar-refractivity contribution in [2.75, 3.05) is 0 Å². The first-order chi connectivity index (χ1) is 15.6. The Bertz CT molecular complexity index is 1380. The number of fused-ring (bicyclic) bond motifs is 1. The number of nitrogens with zero attached hydrogens (tertiary/aromatic N) is 1. The maximum atomic E-state index is 9.61. The summed E-state index contributed by atoms with van der Waals surface area (Å²) < 4.78 is 11.8. The Morgan fingerprint density at radius 3 is 1.75 bits per heavy atom. The first-order valence-electron chi connectivity index (χ1n) is 10.1. The van der Waals surface area contributed by atoms with E-state index in [1.165, 1.54) is 0 Å². The average Bonchev–Trinajstić information content (AvgIpc) is 2.81. The molecule has 0 amide bonds. The van der Waals surface area contributed by atoms with Gasteiger partial charge in [0.05, 0.1) is 0 Å². The van der Waals surface area contributed by atoms with Crippen LogP contribution in [0.4, 0.5) is 0 Å². The van der Waals surface area contributed by atoms with Crippen LogP contribution in [-0.2, 0) is 0 Å². The minimum absolute atomic E-state index is 0.230. The van der Waals surface area contributed by atoms with Crippen molar-refractivity contribution in [1.29, 1.82) is 0 Å². The monoisotopic (exact) mass is 421 g/mol. The average molecular weight is 421 g/mol. The molecule has 0 bridgehead atoms. The maximum Gasteiger partial charge on any atom is 0.222 e. The van der Waals surface area contributed by atoms with Gasteiger partial charge < -0.3 is 19.7 Å². The molecule has 1 heterocycles. The number of ether oxygens (including phenoxy) is 2. The van der Waals surface area contributed by atoms with E-state index in [4.69, 9.17) is 9.47 Å². The van der Waals surface area contributed by atoms with Crippen LogP contribution < -0.4 is 9.47 Å². The Morgan fingerprint density at radius 1 is 0.500 bits per heavy atom. The molecule has 2 N–H and O–H groups in total. The Morgan fingerprint density at radius 2 is 1.03 bits per heavy atom. The molecule has 5 nitrogen and oxygen atoms in total. The van der Waals surface area contributed by atoms with Crippen LogP contribution in [0.5, 0.6) is 34.8 Å². The van der Waals surface area contributed by atoms with Crippen molar-refractivity contribution in [3.8, 4) is 45.9 Å². The van der Waals surface area contributed by atoms with Crippen LogP contribution in [0.1, 0.15) is 0 Å². The highest BCUT2D eigenvalue weighted by Gasteiger charge is 2.06. The number of phenolic OH excluding ortho intramolecular Hbond substituents is 2. The lowest BCUT2D eigenvalue weighted by Crippen LogP contribution is -1.92. The van der Waals surface area contributed by atoms with E-state index in [-0.39, 0.29) is 11.5 Å². The van der Waals surface area contributed by atoms with Gasteiger partial charge in [0, 0.05) is 12.1 Å². The smallest absolute Gasteiger partial charge is 0.222 e. The first-order valence-corrected chi connectivity index (χ1v) is 10.1. The molecule has 5 rings (SSSR count).